The van der Waals surface area contributed by atoms with Crippen molar-refractivity contribution in [3.63, 3.8) is 0 Å². The molecule has 0 aromatic rings. The summed E-state index contributed by atoms with van der Waals surface area (Å²) in [4.78, 5) is 0. The summed E-state index contributed by atoms with van der Waals surface area (Å²) in [5, 5.41) is 0. The van der Waals surface area contributed by atoms with Gasteiger partial charge in [-0.1, -0.05) is 17.7 Å². The summed E-state index contributed by atoms with van der Waals surface area (Å²) in [6.07, 6.45) is 7.93. The first kappa shape index (κ1) is 7.55. The molecule has 1 aliphatic carbocycles. The molecule has 10 heavy (non-hydrogen) atoms. The van der Waals surface area contributed by atoms with E-state index in [0.29, 0.717) is 0 Å². The Balaban J connectivity index is 2.60. The zero-order chi connectivity index (χ0) is 7.40. The van der Waals surface area contributed by atoms with E-state index in [4.69, 9.17) is 5.73 Å². The molecule has 0 atom stereocenters. The summed E-state index contributed by atoms with van der Waals surface area (Å²) in [5.41, 5.74) is 8.43. The molecule has 0 bridgehead atoms. The van der Waals surface area contributed by atoms with Gasteiger partial charge in [0.25, 0.3) is 0 Å². The summed E-state index contributed by atoms with van der Waals surface area (Å²) in [6, 6.07) is 0. The van der Waals surface area contributed by atoms with Crippen LogP contribution in [0.15, 0.2) is 23.3 Å². The first-order chi connectivity index (χ1) is 4.84. The van der Waals surface area contributed by atoms with Gasteiger partial charge in [0.15, 0.2) is 0 Å². The first-order valence-corrected chi connectivity index (χ1v) is 3.90. The van der Waals surface area contributed by atoms with Gasteiger partial charge in [-0.2, -0.15) is 0 Å². The third-order valence-electron chi connectivity index (χ3n) is 1.97. The molecule has 1 rings (SSSR count). The number of allylic oxidation sites excluding steroid dienone is 3. The highest BCUT2D eigenvalue weighted by molar-refractivity contribution is 5.28. The zero-order valence-corrected chi connectivity index (χ0v) is 6.56. The van der Waals surface area contributed by atoms with Crippen molar-refractivity contribution in [3.05, 3.63) is 23.3 Å². The van der Waals surface area contributed by atoms with Crippen LogP contribution in [0.4, 0.5) is 0 Å². The van der Waals surface area contributed by atoms with Crippen LogP contribution in [0.5, 0.6) is 0 Å². The highest BCUT2D eigenvalue weighted by Gasteiger charge is 2.01. The van der Waals surface area contributed by atoms with E-state index >= 15 is 0 Å². The Bertz CT molecular complexity index is 166. The van der Waals surface area contributed by atoms with Gasteiger partial charge in [0.05, 0.1) is 0 Å². The van der Waals surface area contributed by atoms with E-state index in [9.17, 15) is 0 Å². The van der Waals surface area contributed by atoms with Crippen molar-refractivity contribution in [2.75, 3.05) is 6.54 Å². The van der Waals surface area contributed by atoms with Crippen molar-refractivity contribution in [1.82, 2.24) is 0 Å². The summed E-state index contributed by atoms with van der Waals surface area (Å²) < 4.78 is 0. The summed E-state index contributed by atoms with van der Waals surface area (Å²) >= 11 is 0. The predicted molar refractivity (Wildman–Crippen MR) is 44.7 cm³/mol. The molecular formula is C9H15N. The molecule has 0 saturated heterocycles. The lowest BCUT2D eigenvalue weighted by Gasteiger charge is -2.10. The maximum Gasteiger partial charge on any atom is -0.00367 e. The van der Waals surface area contributed by atoms with Gasteiger partial charge in [0, 0.05) is 0 Å². The van der Waals surface area contributed by atoms with E-state index in [1.165, 1.54) is 24.0 Å². The maximum absolute atomic E-state index is 5.45. The quantitative estimate of drug-likeness (QED) is 0.619. The van der Waals surface area contributed by atoms with Gasteiger partial charge in [0.2, 0.25) is 0 Å². The average molecular weight is 137 g/mol. The fraction of sp³-hybridized carbons (Fsp3) is 0.556. The smallest absolute Gasteiger partial charge is 0.00367 e. The Kier molecular flexibility index (Phi) is 2.69. The molecule has 0 spiro atoms. The third-order valence-corrected chi connectivity index (χ3v) is 1.97. The molecule has 0 heterocycles. The molecule has 0 aliphatic heterocycles. The van der Waals surface area contributed by atoms with E-state index < -0.39 is 0 Å². The topological polar surface area (TPSA) is 26.0 Å². The van der Waals surface area contributed by atoms with E-state index in [2.05, 4.69) is 19.1 Å². The van der Waals surface area contributed by atoms with Crippen LogP contribution in [0.3, 0.4) is 0 Å². The second-order valence-corrected chi connectivity index (χ2v) is 2.79. The molecule has 56 valence electrons. The molecule has 1 aliphatic rings. The largest absolute Gasteiger partial charge is 0.330 e. The molecule has 1 heteroatoms. The highest BCUT2D eigenvalue weighted by atomic mass is 14.5. The first-order valence-electron chi connectivity index (χ1n) is 3.90. The van der Waals surface area contributed by atoms with Crippen LogP contribution in [0.1, 0.15) is 26.2 Å². The molecule has 0 radical (unpaired) electrons. The normalized spacial score (nSPS) is 18.2. The van der Waals surface area contributed by atoms with Gasteiger partial charge in [-0.3, -0.25) is 0 Å². The molecule has 0 fully saturated rings. The van der Waals surface area contributed by atoms with Gasteiger partial charge in [-0.05, 0) is 38.3 Å². The fourth-order valence-electron chi connectivity index (χ4n) is 1.28. The van der Waals surface area contributed by atoms with Crippen LogP contribution >= 0.6 is 0 Å². The molecular weight excluding hydrogens is 122 g/mol. The number of nitrogens with two attached hydrogens (primary N) is 1. The standard InChI is InChI=1S/C9H15N/c1-8-4-2-3-5-9(8)6-7-10/h3,5H,2,4,6-7,10H2,1H3. The lowest BCUT2D eigenvalue weighted by molar-refractivity contribution is 0.881. The average Bonchev–Trinajstić information content (AvgIpc) is 1.94. The minimum absolute atomic E-state index is 0.775. The Morgan fingerprint density at radius 3 is 3.00 bits per heavy atom. The molecule has 2 N–H and O–H groups in total. The summed E-state index contributed by atoms with van der Waals surface area (Å²) in [5.74, 6) is 0. The number of hydrogen-bond donors (Lipinski definition) is 1. The van der Waals surface area contributed by atoms with Gasteiger partial charge in [0.1, 0.15) is 0 Å². The molecule has 0 unspecified atom stereocenters. The van der Waals surface area contributed by atoms with Crippen LogP contribution in [0.25, 0.3) is 0 Å². The minimum atomic E-state index is 0.775. The van der Waals surface area contributed by atoms with Crippen molar-refractivity contribution >= 4 is 0 Å². The Morgan fingerprint density at radius 2 is 2.40 bits per heavy atom. The second kappa shape index (κ2) is 3.57. The zero-order valence-electron chi connectivity index (χ0n) is 6.56. The van der Waals surface area contributed by atoms with Crippen LogP contribution in [-0.2, 0) is 0 Å². The SMILES string of the molecule is CC1=C(CCN)C=CCC1. The molecule has 1 nitrogen and oxygen atoms in total. The Hall–Kier alpha value is -0.560. The molecule has 0 aromatic heterocycles. The van der Waals surface area contributed by atoms with Gasteiger partial charge in [-0.25, -0.2) is 0 Å². The second-order valence-electron chi connectivity index (χ2n) is 2.79. The molecule has 0 aromatic carbocycles. The highest BCUT2D eigenvalue weighted by Crippen LogP contribution is 2.19. The van der Waals surface area contributed by atoms with Crippen molar-refractivity contribution in [3.8, 4) is 0 Å². The fourth-order valence-corrected chi connectivity index (χ4v) is 1.28. The monoisotopic (exact) mass is 137 g/mol. The van der Waals surface area contributed by atoms with Crippen LogP contribution in [-0.4, -0.2) is 6.54 Å². The summed E-state index contributed by atoms with van der Waals surface area (Å²) in [6.45, 7) is 2.98. The van der Waals surface area contributed by atoms with Gasteiger partial charge >= 0.3 is 0 Å². The maximum atomic E-state index is 5.45. The number of hydrogen-bond acceptors (Lipinski definition) is 1. The van der Waals surface area contributed by atoms with E-state index in [0.717, 1.165) is 13.0 Å². The van der Waals surface area contributed by atoms with E-state index in [1.807, 2.05) is 0 Å². The van der Waals surface area contributed by atoms with Crippen molar-refractivity contribution < 1.29 is 0 Å². The van der Waals surface area contributed by atoms with Crippen molar-refractivity contribution in [2.24, 2.45) is 5.73 Å². The summed E-state index contributed by atoms with van der Waals surface area (Å²) in [7, 11) is 0. The minimum Gasteiger partial charge on any atom is -0.330 e. The van der Waals surface area contributed by atoms with Crippen molar-refractivity contribution in [1.29, 1.82) is 0 Å². The van der Waals surface area contributed by atoms with Gasteiger partial charge in [-0.15, -0.1) is 0 Å². The van der Waals surface area contributed by atoms with Crippen LogP contribution in [0, 0.1) is 0 Å². The van der Waals surface area contributed by atoms with Crippen molar-refractivity contribution in [2.45, 2.75) is 26.2 Å². The Labute approximate surface area is 62.6 Å². The van der Waals surface area contributed by atoms with E-state index in [1.54, 1.807) is 0 Å². The molecule has 0 saturated carbocycles. The lowest BCUT2D eigenvalue weighted by Crippen LogP contribution is -2.02. The van der Waals surface area contributed by atoms with Gasteiger partial charge < -0.3 is 5.73 Å². The molecule has 0 amide bonds. The van der Waals surface area contributed by atoms with E-state index in [-0.39, 0.29) is 0 Å². The third kappa shape index (κ3) is 1.71. The number of rotatable bonds is 2. The van der Waals surface area contributed by atoms with Crippen LogP contribution < -0.4 is 5.73 Å². The van der Waals surface area contributed by atoms with Crippen LogP contribution in [0.2, 0.25) is 0 Å². The Morgan fingerprint density at radius 1 is 1.60 bits per heavy atom. The predicted octanol–water partition coefficient (Wildman–Crippen LogP) is 2.00. The lowest BCUT2D eigenvalue weighted by atomic mass is 9.97.